The van der Waals surface area contributed by atoms with Crippen molar-refractivity contribution >= 4 is 17.2 Å². The zero-order valence-corrected chi connectivity index (χ0v) is 12.8. The number of hydrogen-bond donors (Lipinski definition) is 1. The lowest BCUT2D eigenvalue weighted by Crippen LogP contribution is -2.34. The standard InChI is InChI=1S/C15H19N3OS/c1-11-4-5-12(8-16-11)15(19)17-9-14(18(2)3)13-6-7-20-10-13/h4-8,10,14H,9H2,1-3H3,(H,17,19)/t14-/m1/s1. The van der Waals surface area contributed by atoms with Gasteiger partial charge >= 0.3 is 0 Å². The maximum absolute atomic E-state index is 12.1. The molecule has 0 aromatic carbocycles. The van der Waals surface area contributed by atoms with E-state index in [1.165, 1.54) is 5.56 Å². The van der Waals surface area contributed by atoms with E-state index >= 15 is 0 Å². The molecule has 0 radical (unpaired) electrons. The molecule has 0 saturated carbocycles. The van der Waals surface area contributed by atoms with Crippen LogP contribution < -0.4 is 5.32 Å². The van der Waals surface area contributed by atoms with Crippen LogP contribution in [0.2, 0.25) is 0 Å². The number of carbonyl (C=O) groups excluding carboxylic acids is 1. The number of pyridine rings is 1. The predicted molar refractivity (Wildman–Crippen MR) is 82.1 cm³/mol. The Bertz CT molecular complexity index is 549. The molecule has 1 atom stereocenters. The quantitative estimate of drug-likeness (QED) is 0.920. The average molecular weight is 289 g/mol. The molecule has 20 heavy (non-hydrogen) atoms. The van der Waals surface area contributed by atoms with Gasteiger partial charge in [-0.2, -0.15) is 11.3 Å². The van der Waals surface area contributed by atoms with Gasteiger partial charge in [0.25, 0.3) is 5.91 Å². The molecule has 5 heteroatoms. The Labute approximate surface area is 123 Å². The SMILES string of the molecule is Cc1ccc(C(=O)NC[C@H](c2ccsc2)N(C)C)cn1. The van der Waals surface area contributed by atoms with Crippen molar-refractivity contribution < 1.29 is 4.79 Å². The molecule has 0 bridgehead atoms. The fourth-order valence-electron chi connectivity index (χ4n) is 1.96. The van der Waals surface area contributed by atoms with Crippen molar-refractivity contribution in [3.05, 3.63) is 52.0 Å². The van der Waals surface area contributed by atoms with Crippen molar-refractivity contribution in [1.29, 1.82) is 0 Å². The molecule has 0 fully saturated rings. The Morgan fingerprint density at radius 1 is 1.40 bits per heavy atom. The fourth-order valence-corrected chi connectivity index (χ4v) is 2.66. The van der Waals surface area contributed by atoms with E-state index in [2.05, 4.69) is 32.0 Å². The van der Waals surface area contributed by atoms with Gasteiger partial charge < -0.3 is 10.2 Å². The highest BCUT2D eigenvalue weighted by atomic mass is 32.1. The van der Waals surface area contributed by atoms with Gasteiger partial charge in [-0.05, 0) is 55.5 Å². The molecule has 1 amide bonds. The zero-order valence-electron chi connectivity index (χ0n) is 12.0. The Hall–Kier alpha value is -1.72. The Morgan fingerprint density at radius 2 is 2.20 bits per heavy atom. The number of amides is 1. The van der Waals surface area contributed by atoms with Crippen LogP contribution in [0.15, 0.2) is 35.2 Å². The van der Waals surface area contributed by atoms with E-state index in [1.54, 1.807) is 23.6 Å². The first-order chi connectivity index (χ1) is 9.58. The van der Waals surface area contributed by atoms with Crippen LogP contribution in [0.3, 0.4) is 0 Å². The molecule has 2 aromatic rings. The third-order valence-electron chi connectivity index (χ3n) is 3.18. The summed E-state index contributed by atoms with van der Waals surface area (Å²) in [6.07, 6.45) is 1.61. The summed E-state index contributed by atoms with van der Waals surface area (Å²) in [7, 11) is 4.03. The third-order valence-corrected chi connectivity index (χ3v) is 3.88. The largest absolute Gasteiger partial charge is 0.350 e. The molecule has 2 aromatic heterocycles. The maximum Gasteiger partial charge on any atom is 0.252 e. The highest BCUT2D eigenvalue weighted by Gasteiger charge is 2.16. The van der Waals surface area contributed by atoms with Gasteiger partial charge in [-0.1, -0.05) is 0 Å². The first-order valence-electron chi connectivity index (χ1n) is 6.47. The number of hydrogen-bond acceptors (Lipinski definition) is 4. The minimum absolute atomic E-state index is 0.0837. The summed E-state index contributed by atoms with van der Waals surface area (Å²) >= 11 is 1.67. The average Bonchev–Trinajstić information content (AvgIpc) is 2.93. The molecule has 0 aliphatic rings. The van der Waals surface area contributed by atoms with Crippen molar-refractivity contribution in [3.8, 4) is 0 Å². The van der Waals surface area contributed by atoms with Gasteiger partial charge in [0.2, 0.25) is 0 Å². The van der Waals surface area contributed by atoms with Gasteiger partial charge in [-0.15, -0.1) is 0 Å². The number of rotatable bonds is 5. The summed E-state index contributed by atoms with van der Waals surface area (Å²) in [6, 6.07) is 5.92. The number of carbonyl (C=O) groups is 1. The molecular weight excluding hydrogens is 270 g/mol. The lowest BCUT2D eigenvalue weighted by atomic mass is 10.1. The zero-order chi connectivity index (χ0) is 14.5. The number of nitrogens with zero attached hydrogens (tertiary/aromatic N) is 2. The molecule has 4 nitrogen and oxygen atoms in total. The second-order valence-electron chi connectivity index (χ2n) is 4.93. The van der Waals surface area contributed by atoms with Crippen LogP contribution in [0.25, 0.3) is 0 Å². The molecule has 0 spiro atoms. The number of nitrogens with one attached hydrogen (secondary N) is 1. The molecule has 1 N–H and O–H groups in total. The van der Waals surface area contributed by atoms with E-state index in [0.717, 1.165) is 5.69 Å². The topological polar surface area (TPSA) is 45.2 Å². The minimum Gasteiger partial charge on any atom is -0.350 e. The monoisotopic (exact) mass is 289 g/mol. The number of aromatic nitrogens is 1. The first kappa shape index (κ1) is 14.7. The van der Waals surface area contributed by atoms with Crippen molar-refractivity contribution in [3.63, 3.8) is 0 Å². The van der Waals surface area contributed by atoms with Crippen LogP contribution in [-0.2, 0) is 0 Å². The Balaban J connectivity index is 1.99. The van der Waals surface area contributed by atoms with E-state index in [-0.39, 0.29) is 11.9 Å². The van der Waals surface area contributed by atoms with E-state index in [4.69, 9.17) is 0 Å². The highest BCUT2D eigenvalue weighted by molar-refractivity contribution is 7.07. The van der Waals surface area contributed by atoms with E-state index < -0.39 is 0 Å². The molecular formula is C15H19N3OS. The Kier molecular flexibility index (Phi) is 4.87. The van der Waals surface area contributed by atoms with Crippen LogP contribution in [0.1, 0.15) is 27.7 Å². The van der Waals surface area contributed by atoms with Gasteiger partial charge in [0.05, 0.1) is 11.6 Å². The normalized spacial score (nSPS) is 12.4. The van der Waals surface area contributed by atoms with E-state index in [9.17, 15) is 4.79 Å². The second-order valence-corrected chi connectivity index (χ2v) is 5.71. The van der Waals surface area contributed by atoms with Crippen molar-refractivity contribution in [2.24, 2.45) is 0 Å². The van der Waals surface area contributed by atoms with E-state index in [1.807, 2.05) is 27.1 Å². The molecule has 0 unspecified atom stereocenters. The third kappa shape index (κ3) is 3.65. The molecule has 2 heterocycles. The molecule has 2 rings (SSSR count). The second kappa shape index (κ2) is 6.63. The smallest absolute Gasteiger partial charge is 0.252 e. The van der Waals surface area contributed by atoms with E-state index in [0.29, 0.717) is 12.1 Å². The van der Waals surface area contributed by atoms with Gasteiger partial charge in [0.1, 0.15) is 0 Å². The Morgan fingerprint density at radius 3 is 2.75 bits per heavy atom. The summed E-state index contributed by atoms with van der Waals surface area (Å²) in [5.74, 6) is -0.0837. The van der Waals surface area contributed by atoms with Crippen molar-refractivity contribution in [2.75, 3.05) is 20.6 Å². The van der Waals surface area contributed by atoms with Crippen LogP contribution in [0.5, 0.6) is 0 Å². The summed E-state index contributed by atoms with van der Waals surface area (Å²) in [5, 5.41) is 7.14. The first-order valence-corrected chi connectivity index (χ1v) is 7.41. The predicted octanol–water partition coefficient (Wildman–Crippen LogP) is 2.48. The summed E-state index contributed by atoms with van der Waals surface area (Å²) in [6.45, 7) is 2.48. The van der Waals surface area contributed by atoms with Crippen LogP contribution >= 0.6 is 11.3 Å². The summed E-state index contributed by atoms with van der Waals surface area (Å²) in [4.78, 5) is 18.3. The van der Waals surface area contributed by atoms with Gasteiger partial charge in [0, 0.05) is 18.4 Å². The summed E-state index contributed by atoms with van der Waals surface area (Å²) in [5.41, 5.74) is 2.73. The van der Waals surface area contributed by atoms with Crippen molar-refractivity contribution in [1.82, 2.24) is 15.2 Å². The molecule has 106 valence electrons. The fraction of sp³-hybridized carbons (Fsp3) is 0.333. The minimum atomic E-state index is -0.0837. The van der Waals surface area contributed by atoms with Gasteiger partial charge in [-0.3, -0.25) is 9.78 Å². The lowest BCUT2D eigenvalue weighted by molar-refractivity contribution is 0.0941. The van der Waals surface area contributed by atoms with Gasteiger partial charge in [-0.25, -0.2) is 0 Å². The van der Waals surface area contributed by atoms with Crippen LogP contribution in [0.4, 0.5) is 0 Å². The molecule has 0 saturated heterocycles. The number of aryl methyl sites for hydroxylation is 1. The lowest BCUT2D eigenvalue weighted by Gasteiger charge is -2.24. The number of likely N-dealkylation sites (N-methyl/N-ethyl adjacent to an activating group) is 1. The maximum atomic E-state index is 12.1. The summed E-state index contributed by atoms with van der Waals surface area (Å²) < 4.78 is 0. The van der Waals surface area contributed by atoms with Crippen molar-refractivity contribution in [2.45, 2.75) is 13.0 Å². The highest BCUT2D eigenvalue weighted by Crippen LogP contribution is 2.20. The molecule has 0 aliphatic heterocycles. The van der Waals surface area contributed by atoms with Gasteiger partial charge in [0.15, 0.2) is 0 Å². The van der Waals surface area contributed by atoms with Crippen LogP contribution in [0, 0.1) is 6.92 Å². The molecule has 0 aliphatic carbocycles. The number of thiophene rings is 1. The van der Waals surface area contributed by atoms with Crippen LogP contribution in [-0.4, -0.2) is 36.4 Å².